The van der Waals surface area contributed by atoms with Crippen molar-refractivity contribution < 1.29 is 18.8 Å². The highest BCUT2D eigenvalue weighted by Gasteiger charge is 2.16. The third kappa shape index (κ3) is 4.91. The summed E-state index contributed by atoms with van der Waals surface area (Å²) < 4.78 is 17.6. The maximum atomic E-state index is 12.2. The molecule has 0 fully saturated rings. The van der Waals surface area contributed by atoms with Crippen LogP contribution in [0.4, 0.5) is 0 Å². The number of aromatic nitrogens is 4. The number of rotatable bonds is 9. The highest BCUT2D eigenvalue weighted by atomic mass is 16.5. The van der Waals surface area contributed by atoms with Crippen molar-refractivity contribution in [3.63, 3.8) is 0 Å². The average molecular weight is 371 g/mol. The minimum absolute atomic E-state index is 0.0672. The molecule has 2 aromatic heterocycles. The van der Waals surface area contributed by atoms with Crippen LogP contribution < -0.4 is 10.1 Å². The van der Waals surface area contributed by atoms with Gasteiger partial charge >= 0.3 is 0 Å². The van der Waals surface area contributed by atoms with Crippen LogP contribution in [0.15, 0.2) is 47.5 Å². The van der Waals surface area contributed by atoms with Crippen LogP contribution in [0.3, 0.4) is 0 Å². The molecule has 0 aliphatic rings. The quantitative estimate of drug-likeness (QED) is 0.613. The summed E-state index contributed by atoms with van der Waals surface area (Å²) in [5.41, 5.74) is 1.09. The van der Waals surface area contributed by atoms with Gasteiger partial charge in [-0.05, 0) is 30.7 Å². The molecule has 0 unspecified atom stereocenters. The molecule has 0 radical (unpaired) electrons. The van der Waals surface area contributed by atoms with Gasteiger partial charge in [-0.15, -0.1) is 0 Å². The van der Waals surface area contributed by atoms with Gasteiger partial charge in [0.2, 0.25) is 0 Å². The second-order valence-corrected chi connectivity index (χ2v) is 5.84. The minimum Gasteiger partial charge on any atom is -0.486 e. The van der Waals surface area contributed by atoms with E-state index in [1.54, 1.807) is 24.2 Å². The van der Waals surface area contributed by atoms with E-state index in [9.17, 15) is 4.79 Å². The molecule has 3 aromatic rings. The molecule has 142 valence electrons. The highest BCUT2D eigenvalue weighted by molar-refractivity contribution is 5.92. The summed E-state index contributed by atoms with van der Waals surface area (Å²) in [4.78, 5) is 16.1. The van der Waals surface area contributed by atoms with Crippen molar-refractivity contribution in [3.8, 4) is 11.4 Å². The molecule has 3 rings (SSSR count). The van der Waals surface area contributed by atoms with Crippen molar-refractivity contribution in [1.29, 1.82) is 0 Å². The van der Waals surface area contributed by atoms with Crippen LogP contribution in [0.1, 0.15) is 29.6 Å². The van der Waals surface area contributed by atoms with E-state index in [1.807, 2.05) is 31.2 Å². The molecule has 9 nitrogen and oxygen atoms in total. The van der Waals surface area contributed by atoms with E-state index in [4.69, 9.17) is 14.0 Å². The number of hydrogen-bond acceptors (Lipinski definition) is 7. The fourth-order valence-electron chi connectivity index (χ4n) is 2.40. The van der Waals surface area contributed by atoms with Gasteiger partial charge < -0.3 is 19.3 Å². The van der Waals surface area contributed by atoms with Crippen LogP contribution in [0.2, 0.25) is 0 Å². The number of hydrogen-bond donors (Lipinski definition) is 1. The van der Waals surface area contributed by atoms with E-state index in [-0.39, 0.29) is 24.2 Å². The standard InChI is InChI=1S/C18H21N5O4/c1-3-13(9-25-2)21-18(24)17-8-16(27-22-17)10-26-15-6-4-14(5-7-15)23-12-19-11-20-23/h4-8,11-13H,3,9-10H2,1-2H3,(H,21,24)/t13-/m0/s1. The topological polar surface area (TPSA) is 104 Å². The molecule has 0 bridgehead atoms. The molecule has 2 heterocycles. The van der Waals surface area contributed by atoms with Crippen molar-refractivity contribution >= 4 is 5.91 Å². The zero-order valence-corrected chi connectivity index (χ0v) is 15.2. The van der Waals surface area contributed by atoms with Gasteiger partial charge in [-0.3, -0.25) is 4.79 Å². The van der Waals surface area contributed by atoms with E-state index >= 15 is 0 Å². The number of carbonyl (C=O) groups excluding carboxylic acids is 1. The lowest BCUT2D eigenvalue weighted by molar-refractivity contribution is 0.0885. The minimum atomic E-state index is -0.300. The van der Waals surface area contributed by atoms with E-state index in [2.05, 4.69) is 20.6 Å². The fourth-order valence-corrected chi connectivity index (χ4v) is 2.40. The second kappa shape index (κ2) is 8.95. The van der Waals surface area contributed by atoms with Crippen molar-refractivity contribution in [2.75, 3.05) is 13.7 Å². The lowest BCUT2D eigenvalue weighted by Crippen LogP contribution is -2.37. The van der Waals surface area contributed by atoms with E-state index in [1.165, 1.54) is 6.33 Å². The number of carbonyl (C=O) groups is 1. The SMILES string of the molecule is CC[C@@H](COC)NC(=O)c1cc(COc2ccc(-n3cncn3)cc2)on1. The Labute approximate surface area is 156 Å². The lowest BCUT2D eigenvalue weighted by Gasteiger charge is -2.14. The normalized spacial score (nSPS) is 11.9. The fraction of sp³-hybridized carbons (Fsp3) is 0.333. The highest BCUT2D eigenvalue weighted by Crippen LogP contribution is 2.16. The van der Waals surface area contributed by atoms with Crippen LogP contribution in [0.25, 0.3) is 5.69 Å². The van der Waals surface area contributed by atoms with E-state index in [0.717, 1.165) is 12.1 Å². The Morgan fingerprint density at radius 1 is 1.33 bits per heavy atom. The molecule has 0 aliphatic heterocycles. The maximum Gasteiger partial charge on any atom is 0.273 e. The predicted octanol–water partition coefficient (Wildman–Crippen LogP) is 1.99. The van der Waals surface area contributed by atoms with Gasteiger partial charge in [0.05, 0.1) is 18.3 Å². The molecule has 9 heteroatoms. The number of amides is 1. The molecule has 0 aliphatic carbocycles. The first kappa shape index (κ1) is 18.6. The number of ether oxygens (including phenoxy) is 2. The Morgan fingerprint density at radius 3 is 2.81 bits per heavy atom. The molecule has 0 spiro atoms. The zero-order valence-electron chi connectivity index (χ0n) is 15.2. The zero-order chi connectivity index (χ0) is 19.1. The molecule has 0 saturated carbocycles. The van der Waals surface area contributed by atoms with Crippen LogP contribution >= 0.6 is 0 Å². The van der Waals surface area contributed by atoms with Gasteiger partial charge in [0.15, 0.2) is 11.5 Å². The first-order chi connectivity index (χ1) is 13.2. The number of benzene rings is 1. The Balaban J connectivity index is 1.54. The van der Waals surface area contributed by atoms with Crippen LogP contribution in [0, 0.1) is 0 Å². The predicted molar refractivity (Wildman–Crippen MR) is 95.6 cm³/mol. The Morgan fingerprint density at radius 2 is 2.15 bits per heavy atom. The average Bonchev–Trinajstić information content (AvgIpc) is 3.38. The maximum absolute atomic E-state index is 12.2. The molecular formula is C18H21N5O4. The molecule has 1 atom stereocenters. The summed E-state index contributed by atoms with van der Waals surface area (Å²) in [5.74, 6) is 0.818. The number of nitrogens with zero attached hydrogens (tertiary/aromatic N) is 4. The van der Waals surface area contributed by atoms with Crippen LogP contribution in [0.5, 0.6) is 5.75 Å². The largest absolute Gasteiger partial charge is 0.486 e. The van der Waals surface area contributed by atoms with E-state index < -0.39 is 0 Å². The van der Waals surface area contributed by atoms with Crippen molar-refractivity contribution in [2.24, 2.45) is 0 Å². The molecule has 1 amide bonds. The van der Waals surface area contributed by atoms with Gasteiger partial charge in [-0.25, -0.2) is 9.67 Å². The monoisotopic (exact) mass is 371 g/mol. The van der Waals surface area contributed by atoms with Gasteiger partial charge in [0.1, 0.15) is 25.0 Å². The molecule has 0 saturated heterocycles. The van der Waals surface area contributed by atoms with Gasteiger partial charge in [-0.1, -0.05) is 12.1 Å². The Hall–Kier alpha value is -3.20. The third-order valence-electron chi connectivity index (χ3n) is 3.89. The summed E-state index contributed by atoms with van der Waals surface area (Å²) in [6.45, 7) is 2.58. The summed E-state index contributed by atoms with van der Waals surface area (Å²) in [6.07, 6.45) is 3.85. The van der Waals surface area contributed by atoms with E-state index in [0.29, 0.717) is 18.1 Å². The van der Waals surface area contributed by atoms with Gasteiger partial charge in [-0.2, -0.15) is 5.10 Å². The van der Waals surface area contributed by atoms with Crippen molar-refractivity contribution in [3.05, 3.63) is 54.4 Å². The lowest BCUT2D eigenvalue weighted by atomic mass is 10.2. The molecule has 27 heavy (non-hydrogen) atoms. The molecule has 1 aromatic carbocycles. The first-order valence-electron chi connectivity index (χ1n) is 8.53. The number of methoxy groups -OCH3 is 1. The van der Waals surface area contributed by atoms with Crippen molar-refractivity contribution in [1.82, 2.24) is 25.2 Å². The third-order valence-corrected chi connectivity index (χ3v) is 3.89. The Bertz CT molecular complexity index is 845. The second-order valence-electron chi connectivity index (χ2n) is 5.84. The molecule has 1 N–H and O–H groups in total. The summed E-state index contributed by atoms with van der Waals surface area (Å²) in [6, 6.07) is 8.87. The summed E-state index contributed by atoms with van der Waals surface area (Å²) >= 11 is 0. The Kier molecular flexibility index (Phi) is 6.16. The van der Waals surface area contributed by atoms with Crippen LogP contribution in [-0.4, -0.2) is 45.6 Å². The smallest absolute Gasteiger partial charge is 0.273 e. The molecular weight excluding hydrogens is 350 g/mol. The number of nitrogens with one attached hydrogen (secondary N) is 1. The van der Waals surface area contributed by atoms with Gasteiger partial charge in [0, 0.05) is 13.2 Å². The summed E-state index contributed by atoms with van der Waals surface area (Å²) in [7, 11) is 1.60. The summed E-state index contributed by atoms with van der Waals surface area (Å²) in [5, 5.41) is 10.7. The van der Waals surface area contributed by atoms with Gasteiger partial charge in [0.25, 0.3) is 5.91 Å². The first-order valence-corrected chi connectivity index (χ1v) is 8.53. The van der Waals surface area contributed by atoms with Crippen LogP contribution in [-0.2, 0) is 11.3 Å². The van der Waals surface area contributed by atoms with Crippen molar-refractivity contribution in [2.45, 2.75) is 26.0 Å².